The van der Waals surface area contributed by atoms with Gasteiger partial charge in [0, 0.05) is 23.0 Å². The maximum absolute atomic E-state index is 12.4. The average Bonchev–Trinajstić information content (AvgIpc) is 3.22. The van der Waals surface area contributed by atoms with E-state index in [2.05, 4.69) is 27.1 Å². The highest BCUT2D eigenvalue weighted by atomic mass is 16.3. The molecule has 4 rings (SSSR count). The minimum atomic E-state index is -0.173. The molecular formula is C24H17N3O2. The van der Waals surface area contributed by atoms with E-state index in [1.54, 1.807) is 6.20 Å². The van der Waals surface area contributed by atoms with Gasteiger partial charge in [-0.15, -0.1) is 0 Å². The van der Waals surface area contributed by atoms with E-state index < -0.39 is 0 Å². The molecule has 1 N–H and O–H groups in total. The first-order valence-corrected chi connectivity index (χ1v) is 9.09. The number of rotatable bonds is 4. The quantitative estimate of drug-likeness (QED) is 0.536. The van der Waals surface area contributed by atoms with Gasteiger partial charge in [-0.25, -0.2) is 9.97 Å². The fourth-order valence-electron chi connectivity index (χ4n) is 2.72. The number of benzene rings is 2. The number of hydrogen-bond donors (Lipinski definition) is 1. The van der Waals surface area contributed by atoms with Gasteiger partial charge in [0.05, 0.1) is 12.1 Å². The fraction of sp³-hybridized carbons (Fsp3) is 0.0417. The van der Waals surface area contributed by atoms with E-state index >= 15 is 0 Å². The normalized spacial score (nSPS) is 10.1. The number of amides is 1. The number of pyridine rings is 1. The van der Waals surface area contributed by atoms with Gasteiger partial charge in [-0.1, -0.05) is 36.3 Å². The first kappa shape index (κ1) is 18.2. The number of oxazole rings is 1. The zero-order chi connectivity index (χ0) is 19.9. The molecule has 5 nitrogen and oxygen atoms in total. The number of carbonyl (C=O) groups is 1. The van der Waals surface area contributed by atoms with Crippen LogP contribution in [0.2, 0.25) is 0 Å². The van der Waals surface area contributed by atoms with Crippen molar-refractivity contribution in [2.75, 3.05) is 5.32 Å². The van der Waals surface area contributed by atoms with Gasteiger partial charge in [0.15, 0.2) is 0 Å². The third-order valence-corrected chi connectivity index (χ3v) is 4.06. The molecule has 0 radical (unpaired) electrons. The minimum Gasteiger partial charge on any atom is -0.444 e. The third-order valence-electron chi connectivity index (χ3n) is 4.06. The lowest BCUT2D eigenvalue weighted by Gasteiger charge is -2.04. The van der Waals surface area contributed by atoms with Crippen LogP contribution in [0.25, 0.3) is 11.5 Å². The van der Waals surface area contributed by atoms with E-state index in [-0.39, 0.29) is 12.3 Å². The molecular weight excluding hydrogens is 362 g/mol. The Balaban J connectivity index is 1.40. The molecule has 5 heteroatoms. The highest BCUT2D eigenvalue weighted by molar-refractivity contribution is 5.92. The van der Waals surface area contributed by atoms with Crippen molar-refractivity contribution in [2.24, 2.45) is 0 Å². The van der Waals surface area contributed by atoms with Crippen molar-refractivity contribution >= 4 is 11.6 Å². The number of nitrogens with one attached hydrogen (secondary N) is 1. The van der Waals surface area contributed by atoms with Crippen LogP contribution in [0.4, 0.5) is 5.69 Å². The molecule has 1 amide bonds. The molecule has 0 atom stereocenters. The average molecular weight is 379 g/mol. The highest BCUT2D eigenvalue weighted by Crippen LogP contribution is 2.18. The predicted molar refractivity (Wildman–Crippen MR) is 111 cm³/mol. The van der Waals surface area contributed by atoms with Gasteiger partial charge in [0.2, 0.25) is 11.8 Å². The van der Waals surface area contributed by atoms with Crippen LogP contribution < -0.4 is 5.32 Å². The second kappa shape index (κ2) is 8.68. The molecule has 0 unspecified atom stereocenters. The van der Waals surface area contributed by atoms with Crippen molar-refractivity contribution in [3.63, 3.8) is 0 Å². The van der Waals surface area contributed by atoms with E-state index in [9.17, 15) is 4.79 Å². The summed E-state index contributed by atoms with van der Waals surface area (Å²) in [5, 5.41) is 2.87. The van der Waals surface area contributed by atoms with Crippen LogP contribution in [0.5, 0.6) is 0 Å². The van der Waals surface area contributed by atoms with Crippen LogP contribution in [0, 0.1) is 11.8 Å². The lowest BCUT2D eigenvalue weighted by atomic mass is 10.2. The Morgan fingerprint density at radius 1 is 0.966 bits per heavy atom. The van der Waals surface area contributed by atoms with E-state index in [0.717, 1.165) is 11.1 Å². The molecule has 0 spiro atoms. The summed E-state index contributed by atoms with van der Waals surface area (Å²) in [7, 11) is 0. The molecule has 4 aromatic rings. The van der Waals surface area contributed by atoms with Gasteiger partial charge in [-0.05, 0) is 48.4 Å². The standard InChI is InChI=1S/C24H17N3O2/c28-23(16-22-17-29-24(27-22)19-8-2-1-3-9-19)26-21-11-6-7-18(15-21)12-13-20-10-4-5-14-25-20/h1-11,14-15,17H,16H2,(H,26,28). The maximum Gasteiger partial charge on any atom is 0.230 e. The third kappa shape index (κ3) is 4.96. The van der Waals surface area contributed by atoms with Gasteiger partial charge in [0.25, 0.3) is 0 Å². The second-order valence-corrected chi connectivity index (χ2v) is 6.28. The Labute approximate surface area is 168 Å². The Bertz CT molecular complexity index is 1170. The number of hydrogen-bond acceptors (Lipinski definition) is 4. The van der Waals surface area contributed by atoms with Crippen LogP contribution in [0.15, 0.2) is 89.7 Å². The Kier molecular flexibility index (Phi) is 5.45. The van der Waals surface area contributed by atoms with Crippen molar-refractivity contribution < 1.29 is 9.21 Å². The zero-order valence-electron chi connectivity index (χ0n) is 15.5. The highest BCUT2D eigenvalue weighted by Gasteiger charge is 2.10. The summed E-state index contributed by atoms with van der Waals surface area (Å²) in [6, 6.07) is 22.5. The number of anilines is 1. The topological polar surface area (TPSA) is 68.0 Å². The Morgan fingerprint density at radius 2 is 1.83 bits per heavy atom. The van der Waals surface area contributed by atoms with Gasteiger partial charge < -0.3 is 9.73 Å². The second-order valence-electron chi connectivity index (χ2n) is 6.28. The van der Waals surface area contributed by atoms with Crippen molar-refractivity contribution in [2.45, 2.75) is 6.42 Å². The summed E-state index contributed by atoms with van der Waals surface area (Å²) >= 11 is 0. The lowest BCUT2D eigenvalue weighted by Crippen LogP contribution is -2.14. The maximum atomic E-state index is 12.4. The smallest absolute Gasteiger partial charge is 0.230 e. The first-order chi connectivity index (χ1) is 14.3. The largest absolute Gasteiger partial charge is 0.444 e. The van der Waals surface area contributed by atoms with Crippen molar-refractivity contribution in [1.29, 1.82) is 0 Å². The molecule has 2 aromatic heterocycles. The monoisotopic (exact) mass is 379 g/mol. The van der Waals surface area contributed by atoms with Gasteiger partial charge in [-0.2, -0.15) is 0 Å². The number of carbonyl (C=O) groups excluding carboxylic acids is 1. The minimum absolute atomic E-state index is 0.125. The Morgan fingerprint density at radius 3 is 2.66 bits per heavy atom. The summed E-state index contributed by atoms with van der Waals surface area (Å²) in [6.45, 7) is 0. The predicted octanol–water partition coefficient (Wildman–Crippen LogP) is 4.32. The molecule has 2 aromatic carbocycles. The van der Waals surface area contributed by atoms with E-state index in [4.69, 9.17) is 4.42 Å². The van der Waals surface area contributed by atoms with Crippen molar-refractivity contribution in [3.05, 3.63) is 102 Å². The lowest BCUT2D eigenvalue weighted by molar-refractivity contribution is -0.115. The summed E-state index contributed by atoms with van der Waals surface area (Å²) in [4.78, 5) is 20.9. The number of nitrogens with zero attached hydrogens (tertiary/aromatic N) is 2. The molecule has 140 valence electrons. The SMILES string of the molecule is O=C(Cc1coc(-c2ccccc2)n1)Nc1cccc(C#Cc2ccccn2)c1. The molecule has 0 aliphatic rings. The van der Waals surface area contributed by atoms with Gasteiger partial charge in [-0.3, -0.25) is 4.79 Å². The molecule has 0 bridgehead atoms. The summed E-state index contributed by atoms with van der Waals surface area (Å²) in [5.74, 6) is 6.38. The molecule has 0 fully saturated rings. The molecule has 0 saturated heterocycles. The van der Waals surface area contributed by atoms with Gasteiger partial charge >= 0.3 is 0 Å². The zero-order valence-corrected chi connectivity index (χ0v) is 15.5. The van der Waals surface area contributed by atoms with Crippen LogP contribution in [0.3, 0.4) is 0 Å². The van der Waals surface area contributed by atoms with Crippen LogP contribution >= 0.6 is 0 Å². The van der Waals surface area contributed by atoms with Gasteiger partial charge in [0.1, 0.15) is 12.0 Å². The Hall–Kier alpha value is -4.17. The van der Waals surface area contributed by atoms with Crippen LogP contribution in [-0.4, -0.2) is 15.9 Å². The van der Waals surface area contributed by atoms with E-state index in [1.807, 2.05) is 72.8 Å². The van der Waals surface area contributed by atoms with Crippen LogP contribution in [0.1, 0.15) is 17.0 Å². The summed E-state index contributed by atoms with van der Waals surface area (Å²) in [5.41, 5.74) is 3.61. The van der Waals surface area contributed by atoms with Crippen molar-refractivity contribution in [1.82, 2.24) is 9.97 Å². The molecule has 0 saturated carbocycles. The van der Waals surface area contributed by atoms with E-state index in [1.165, 1.54) is 6.26 Å². The van der Waals surface area contributed by atoms with E-state index in [0.29, 0.717) is 23.0 Å². The first-order valence-electron chi connectivity index (χ1n) is 9.09. The van der Waals surface area contributed by atoms with Crippen LogP contribution in [-0.2, 0) is 11.2 Å². The molecule has 29 heavy (non-hydrogen) atoms. The molecule has 0 aliphatic carbocycles. The fourth-order valence-corrected chi connectivity index (χ4v) is 2.72. The summed E-state index contributed by atoms with van der Waals surface area (Å²) < 4.78 is 5.48. The van der Waals surface area contributed by atoms with Crippen molar-refractivity contribution in [3.8, 4) is 23.3 Å². The number of aromatic nitrogens is 2. The summed E-state index contributed by atoms with van der Waals surface area (Å²) in [6.07, 6.45) is 3.34. The molecule has 0 aliphatic heterocycles. The molecule has 2 heterocycles.